The number of hydrogen-bond donors (Lipinski definition) is 1. The van der Waals surface area contributed by atoms with Crippen LogP contribution >= 0.6 is 0 Å². The van der Waals surface area contributed by atoms with Crippen molar-refractivity contribution in [3.63, 3.8) is 0 Å². The second-order valence-electron chi connectivity index (χ2n) is 6.30. The lowest BCUT2D eigenvalue weighted by atomic mass is 10.0. The normalized spacial score (nSPS) is 11.9. The minimum absolute atomic E-state index is 0.173. The molecule has 0 radical (unpaired) electrons. The average Bonchev–Trinajstić information content (AvgIpc) is 2.94. The number of halogens is 3. The maximum atomic E-state index is 13.3. The van der Waals surface area contributed by atoms with E-state index in [0.29, 0.717) is 5.69 Å². The van der Waals surface area contributed by atoms with Crippen LogP contribution in [-0.4, -0.2) is 15.5 Å². The van der Waals surface area contributed by atoms with E-state index in [4.69, 9.17) is 0 Å². The van der Waals surface area contributed by atoms with Crippen molar-refractivity contribution in [2.24, 2.45) is 0 Å². The number of fused-ring (bicyclic) bond motifs is 1. The van der Waals surface area contributed by atoms with Gasteiger partial charge in [0.05, 0.1) is 11.0 Å². The minimum atomic E-state index is -4.64. The Morgan fingerprint density at radius 2 is 1.77 bits per heavy atom. The first-order chi connectivity index (χ1) is 12.3. The molecule has 0 bridgehead atoms. The number of aromatic nitrogens is 2. The summed E-state index contributed by atoms with van der Waals surface area (Å²) in [6.45, 7) is 3.49. The highest BCUT2D eigenvalue weighted by Crippen LogP contribution is 2.31. The number of para-hydroxylation sites is 3. The molecule has 7 heteroatoms. The van der Waals surface area contributed by atoms with Crippen molar-refractivity contribution in [1.29, 1.82) is 0 Å². The second kappa shape index (κ2) is 6.82. The van der Waals surface area contributed by atoms with Gasteiger partial charge >= 0.3 is 6.18 Å². The van der Waals surface area contributed by atoms with Crippen LogP contribution in [0.4, 0.5) is 18.9 Å². The van der Waals surface area contributed by atoms with E-state index >= 15 is 0 Å². The Morgan fingerprint density at radius 1 is 1.12 bits per heavy atom. The van der Waals surface area contributed by atoms with Crippen molar-refractivity contribution in [3.05, 3.63) is 59.9 Å². The summed E-state index contributed by atoms with van der Waals surface area (Å²) in [6, 6.07) is 13.5. The van der Waals surface area contributed by atoms with Crippen LogP contribution in [0.25, 0.3) is 11.0 Å². The smallest absolute Gasteiger partial charge is 0.324 e. The molecular weight excluding hydrogens is 343 g/mol. The van der Waals surface area contributed by atoms with Gasteiger partial charge in [0.25, 0.3) is 0 Å². The molecule has 0 aliphatic carbocycles. The number of nitrogens with one attached hydrogen (secondary N) is 1. The maximum Gasteiger partial charge on any atom is 0.449 e. The summed E-state index contributed by atoms with van der Waals surface area (Å²) in [6.07, 6.45) is -4.64. The number of nitrogens with zero attached hydrogens (tertiary/aromatic N) is 2. The molecule has 0 aliphatic rings. The highest BCUT2D eigenvalue weighted by atomic mass is 19.4. The van der Waals surface area contributed by atoms with E-state index in [0.717, 1.165) is 10.1 Å². The van der Waals surface area contributed by atoms with Crippen molar-refractivity contribution in [2.45, 2.75) is 32.5 Å². The second-order valence-corrected chi connectivity index (χ2v) is 6.30. The number of alkyl halides is 3. The summed E-state index contributed by atoms with van der Waals surface area (Å²) in [7, 11) is 0. The Labute approximate surface area is 148 Å². The first kappa shape index (κ1) is 18.0. The molecular formula is C19H18F3N3O. The van der Waals surface area contributed by atoms with Crippen LogP contribution in [-0.2, 0) is 17.5 Å². The van der Waals surface area contributed by atoms with Crippen molar-refractivity contribution < 1.29 is 18.0 Å². The topological polar surface area (TPSA) is 46.9 Å². The fraction of sp³-hybridized carbons (Fsp3) is 0.263. The Hall–Kier alpha value is -2.83. The molecule has 26 heavy (non-hydrogen) atoms. The van der Waals surface area contributed by atoms with E-state index in [2.05, 4.69) is 10.3 Å². The molecule has 3 rings (SSSR count). The zero-order chi connectivity index (χ0) is 18.9. The first-order valence-electron chi connectivity index (χ1n) is 8.18. The quantitative estimate of drug-likeness (QED) is 0.724. The van der Waals surface area contributed by atoms with Gasteiger partial charge in [-0.05, 0) is 29.7 Å². The third-order valence-electron chi connectivity index (χ3n) is 4.07. The fourth-order valence-corrected chi connectivity index (χ4v) is 2.90. The van der Waals surface area contributed by atoms with Gasteiger partial charge in [-0.3, -0.25) is 4.79 Å². The summed E-state index contributed by atoms with van der Waals surface area (Å²) >= 11 is 0. The summed E-state index contributed by atoms with van der Waals surface area (Å²) < 4.78 is 40.9. The number of rotatable bonds is 4. The van der Waals surface area contributed by atoms with E-state index in [-0.39, 0.29) is 17.0 Å². The number of carbonyl (C=O) groups is 1. The Kier molecular flexibility index (Phi) is 4.71. The molecule has 1 aromatic heterocycles. The van der Waals surface area contributed by atoms with Crippen LogP contribution in [0.15, 0.2) is 48.5 Å². The molecule has 1 heterocycles. The molecule has 4 nitrogen and oxygen atoms in total. The molecule has 0 saturated heterocycles. The SMILES string of the molecule is CC(C)c1ccccc1NC(=O)Cn1c(C(F)(F)F)nc2ccccc21. The number of carbonyl (C=O) groups excluding carboxylic acids is 1. The van der Waals surface area contributed by atoms with Gasteiger partial charge in [0.15, 0.2) is 0 Å². The number of imidazole rings is 1. The first-order valence-corrected chi connectivity index (χ1v) is 8.18. The van der Waals surface area contributed by atoms with Crippen LogP contribution in [0.2, 0.25) is 0 Å². The van der Waals surface area contributed by atoms with Gasteiger partial charge in [0, 0.05) is 5.69 Å². The van der Waals surface area contributed by atoms with Gasteiger partial charge in [-0.1, -0.05) is 44.2 Å². The molecule has 2 aromatic carbocycles. The fourth-order valence-electron chi connectivity index (χ4n) is 2.90. The Morgan fingerprint density at radius 3 is 2.46 bits per heavy atom. The standard InChI is InChI=1S/C19H18F3N3O/c1-12(2)13-7-3-4-8-14(13)23-17(26)11-25-16-10-6-5-9-15(16)24-18(25)19(20,21)22/h3-10,12H,11H2,1-2H3,(H,23,26). The molecule has 0 aliphatic heterocycles. The van der Waals surface area contributed by atoms with Crippen molar-refractivity contribution in [2.75, 3.05) is 5.32 Å². The van der Waals surface area contributed by atoms with E-state index in [1.165, 1.54) is 12.1 Å². The predicted octanol–water partition coefficient (Wildman–Crippen LogP) is 4.82. The molecule has 0 unspecified atom stereocenters. The van der Waals surface area contributed by atoms with Gasteiger partial charge in [-0.25, -0.2) is 4.98 Å². The third kappa shape index (κ3) is 3.56. The Balaban J connectivity index is 1.93. The molecule has 0 fully saturated rings. The Bertz CT molecular complexity index is 945. The lowest BCUT2D eigenvalue weighted by Crippen LogP contribution is -2.23. The van der Waals surface area contributed by atoms with Crippen LogP contribution in [0.3, 0.4) is 0 Å². The summed E-state index contributed by atoms with van der Waals surface area (Å²) in [4.78, 5) is 16.1. The van der Waals surface area contributed by atoms with E-state index in [1.807, 2.05) is 26.0 Å². The third-order valence-corrected chi connectivity index (χ3v) is 4.07. The van der Waals surface area contributed by atoms with Crippen molar-refractivity contribution >= 4 is 22.6 Å². The highest BCUT2D eigenvalue weighted by molar-refractivity contribution is 5.92. The molecule has 0 atom stereocenters. The zero-order valence-corrected chi connectivity index (χ0v) is 14.3. The zero-order valence-electron chi connectivity index (χ0n) is 14.3. The van der Waals surface area contributed by atoms with Crippen molar-refractivity contribution in [1.82, 2.24) is 9.55 Å². The molecule has 1 amide bonds. The van der Waals surface area contributed by atoms with E-state index < -0.39 is 24.5 Å². The largest absolute Gasteiger partial charge is 0.449 e. The van der Waals surface area contributed by atoms with Gasteiger partial charge in [0.1, 0.15) is 6.54 Å². The van der Waals surface area contributed by atoms with Gasteiger partial charge in [-0.15, -0.1) is 0 Å². The number of amides is 1. The van der Waals surface area contributed by atoms with Gasteiger partial charge < -0.3 is 9.88 Å². The summed E-state index contributed by atoms with van der Waals surface area (Å²) in [5.41, 5.74) is 2.00. The average molecular weight is 361 g/mol. The van der Waals surface area contributed by atoms with Crippen LogP contribution in [0.5, 0.6) is 0 Å². The predicted molar refractivity (Wildman–Crippen MR) is 93.9 cm³/mol. The van der Waals surface area contributed by atoms with E-state index in [9.17, 15) is 18.0 Å². The van der Waals surface area contributed by atoms with E-state index in [1.54, 1.807) is 24.3 Å². The van der Waals surface area contributed by atoms with Gasteiger partial charge in [-0.2, -0.15) is 13.2 Å². The van der Waals surface area contributed by atoms with Crippen LogP contribution < -0.4 is 5.32 Å². The molecule has 0 spiro atoms. The lowest BCUT2D eigenvalue weighted by Gasteiger charge is -2.15. The number of hydrogen-bond acceptors (Lipinski definition) is 2. The molecule has 3 aromatic rings. The maximum absolute atomic E-state index is 13.3. The minimum Gasteiger partial charge on any atom is -0.324 e. The van der Waals surface area contributed by atoms with Crippen LogP contribution in [0, 0.1) is 0 Å². The summed E-state index contributed by atoms with van der Waals surface area (Å²) in [5.74, 6) is -1.44. The van der Waals surface area contributed by atoms with Crippen LogP contribution in [0.1, 0.15) is 31.2 Å². The van der Waals surface area contributed by atoms with Gasteiger partial charge in [0.2, 0.25) is 11.7 Å². The lowest BCUT2D eigenvalue weighted by molar-refractivity contribution is -0.147. The molecule has 1 N–H and O–H groups in total. The number of benzene rings is 2. The highest BCUT2D eigenvalue weighted by Gasteiger charge is 2.38. The van der Waals surface area contributed by atoms with Crippen molar-refractivity contribution in [3.8, 4) is 0 Å². The monoisotopic (exact) mass is 361 g/mol. The number of anilines is 1. The summed E-state index contributed by atoms with van der Waals surface area (Å²) in [5, 5.41) is 2.72. The molecule has 0 saturated carbocycles. The molecule has 136 valence electrons.